The summed E-state index contributed by atoms with van der Waals surface area (Å²) in [6.07, 6.45) is 0. The monoisotopic (exact) mass is 637 g/mol. The van der Waals surface area contributed by atoms with Gasteiger partial charge in [-0.1, -0.05) is 54.1 Å². The Labute approximate surface area is 271 Å². The average Bonchev–Trinajstić information content (AvgIpc) is 3.66. The number of rotatable bonds is 5. The lowest BCUT2D eigenvalue weighted by atomic mass is 9.99. The van der Waals surface area contributed by atoms with E-state index in [1.54, 1.807) is 21.6 Å². The third-order valence-corrected chi connectivity index (χ3v) is 10.0. The Morgan fingerprint density at radius 1 is 0.913 bits per heavy atom. The van der Waals surface area contributed by atoms with Crippen molar-refractivity contribution >= 4 is 35.3 Å². The van der Waals surface area contributed by atoms with E-state index in [-0.39, 0.29) is 42.1 Å². The van der Waals surface area contributed by atoms with E-state index < -0.39 is 0 Å². The zero-order valence-corrected chi connectivity index (χ0v) is 26.9. The number of benzene rings is 3. The summed E-state index contributed by atoms with van der Waals surface area (Å²) in [6, 6.07) is 22.0. The van der Waals surface area contributed by atoms with Crippen LogP contribution in [0.4, 0.5) is 5.82 Å². The van der Waals surface area contributed by atoms with Crippen LogP contribution in [-0.4, -0.2) is 82.6 Å². The Hall–Kier alpha value is -4.77. The number of anilines is 1. The molecule has 0 unspecified atom stereocenters. The van der Waals surface area contributed by atoms with Crippen molar-refractivity contribution in [3.63, 3.8) is 0 Å². The number of nitrogens with zero attached hydrogens (tertiary/aromatic N) is 5. The number of ether oxygens (including phenoxy) is 2. The molecule has 0 saturated carbocycles. The number of piperazine rings is 1. The van der Waals surface area contributed by atoms with Gasteiger partial charge in [0.15, 0.2) is 11.5 Å². The first-order valence-electron chi connectivity index (χ1n) is 15.4. The molecule has 0 spiro atoms. The summed E-state index contributed by atoms with van der Waals surface area (Å²) in [5, 5.41) is 4.94. The highest BCUT2D eigenvalue weighted by Crippen LogP contribution is 2.50. The van der Waals surface area contributed by atoms with E-state index in [2.05, 4.69) is 6.07 Å². The quantitative estimate of drug-likeness (QED) is 0.312. The van der Waals surface area contributed by atoms with Crippen LogP contribution < -0.4 is 14.4 Å². The summed E-state index contributed by atoms with van der Waals surface area (Å²) >= 11 is 1.52. The normalized spacial score (nSPS) is 17.6. The molecule has 46 heavy (non-hydrogen) atoms. The topological polar surface area (TPSA) is 97.2 Å². The molecule has 3 aliphatic rings. The summed E-state index contributed by atoms with van der Waals surface area (Å²) in [7, 11) is 0. The second-order valence-electron chi connectivity index (χ2n) is 11.8. The molecule has 0 bridgehead atoms. The van der Waals surface area contributed by atoms with E-state index in [4.69, 9.17) is 14.6 Å². The molecule has 1 saturated heterocycles. The Morgan fingerprint density at radius 3 is 2.39 bits per heavy atom. The van der Waals surface area contributed by atoms with Crippen molar-refractivity contribution in [1.29, 1.82) is 0 Å². The van der Waals surface area contributed by atoms with Crippen molar-refractivity contribution < 1.29 is 23.9 Å². The van der Waals surface area contributed by atoms with Crippen molar-refractivity contribution in [2.75, 3.05) is 50.2 Å². The van der Waals surface area contributed by atoms with Gasteiger partial charge in [0.2, 0.25) is 24.5 Å². The van der Waals surface area contributed by atoms with Crippen LogP contribution in [-0.2, 0) is 14.4 Å². The zero-order valence-electron chi connectivity index (χ0n) is 26.1. The average molecular weight is 638 g/mol. The molecule has 3 amide bonds. The summed E-state index contributed by atoms with van der Waals surface area (Å²) < 4.78 is 13.2. The molecule has 4 aromatic rings. The van der Waals surface area contributed by atoms with Crippen molar-refractivity contribution in [1.82, 2.24) is 19.6 Å². The molecule has 4 heterocycles. The number of aryl methyl sites for hydroxylation is 2. The lowest BCUT2D eigenvalue weighted by Crippen LogP contribution is -2.53. The van der Waals surface area contributed by atoms with Crippen LogP contribution in [0.25, 0.3) is 16.9 Å². The number of hydrogen-bond acceptors (Lipinski definition) is 7. The minimum absolute atomic E-state index is 0.00293. The van der Waals surface area contributed by atoms with Gasteiger partial charge in [-0.2, -0.15) is 5.10 Å². The molecule has 0 N–H and O–H groups in total. The Bertz CT molecular complexity index is 1830. The van der Waals surface area contributed by atoms with Gasteiger partial charge in [-0.3, -0.25) is 19.3 Å². The van der Waals surface area contributed by atoms with E-state index in [1.807, 2.05) is 79.2 Å². The summed E-state index contributed by atoms with van der Waals surface area (Å²) in [4.78, 5) is 45.1. The molecular formula is C35H35N5O5S. The molecule has 1 atom stereocenters. The molecule has 1 fully saturated rings. The number of amides is 3. The molecular weight excluding hydrogens is 602 g/mol. The number of hydrogen-bond donors (Lipinski definition) is 0. The first-order valence-corrected chi connectivity index (χ1v) is 16.4. The molecule has 3 aromatic carbocycles. The molecule has 0 radical (unpaired) electrons. The van der Waals surface area contributed by atoms with Crippen LogP contribution in [0.3, 0.4) is 0 Å². The van der Waals surface area contributed by atoms with Crippen molar-refractivity contribution in [3.05, 3.63) is 89.0 Å². The number of carbonyl (C=O) groups excluding carboxylic acids is 3. The molecule has 236 valence electrons. The highest BCUT2D eigenvalue weighted by molar-refractivity contribution is 8.00. The molecule has 1 aromatic heterocycles. The Morgan fingerprint density at radius 2 is 1.65 bits per heavy atom. The van der Waals surface area contributed by atoms with Gasteiger partial charge in [-0.05, 0) is 43.2 Å². The maximum Gasteiger partial charge on any atom is 0.242 e. The molecule has 7 rings (SSSR count). The SMILES string of the molecule is CC(=O)N1CCN(C(=O)CN2C(=O)CS[C@@H](c3ccc4c(c3)OCO4)c3c(-c4ccccc4)nn(-c4ccc(C)cc4C)c32)CC1. The second kappa shape index (κ2) is 12.2. The zero-order chi connectivity index (χ0) is 31.9. The minimum Gasteiger partial charge on any atom is -0.454 e. The van der Waals surface area contributed by atoms with E-state index >= 15 is 0 Å². The predicted molar refractivity (Wildman–Crippen MR) is 177 cm³/mol. The van der Waals surface area contributed by atoms with E-state index in [0.29, 0.717) is 43.5 Å². The van der Waals surface area contributed by atoms with Gasteiger partial charge >= 0.3 is 0 Å². The third-order valence-electron chi connectivity index (χ3n) is 8.79. The van der Waals surface area contributed by atoms with E-state index in [0.717, 1.165) is 39.2 Å². The minimum atomic E-state index is -0.289. The van der Waals surface area contributed by atoms with Gasteiger partial charge in [-0.25, -0.2) is 4.68 Å². The van der Waals surface area contributed by atoms with Gasteiger partial charge in [-0.15, -0.1) is 11.8 Å². The van der Waals surface area contributed by atoms with Crippen LogP contribution in [0.1, 0.15) is 34.4 Å². The number of carbonyl (C=O) groups is 3. The molecule has 0 aliphatic carbocycles. The molecule has 3 aliphatic heterocycles. The number of aromatic nitrogens is 2. The van der Waals surface area contributed by atoms with Crippen molar-refractivity contribution in [3.8, 4) is 28.4 Å². The van der Waals surface area contributed by atoms with E-state index in [1.165, 1.54) is 11.8 Å². The van der Waals surface area contributed by atoms with E-state index in [9.17, 15) is 14.4 Å². The van der Waals surface area contributed by atoms with Crippen LogP contribution in [0, 0.1) is 13.8 Å². The number of fused-ring (bicyclic) bond motifs is 2. The standard InChI is InChI=1S/C35H35N5O5S/c1-22-9-11-27(23(2)17-22)40-35-32(33(36-40)25-7-5-4-6-8-25)34(26-10-12-28-29(18-26)45-21-44-28)46-20-31(43)39(35)19-30(42)38-15-13-37(14-16-38)24(3)41/h4-12,17-18,34H,13-16,19-21H2,1-3H3/t34-/m0/s1. The van der Waals surface area contributed by atoms with Crippen LogP contribution in [0.15, 0.2) is 66.7 Å². The number of thioether (sulfide) groups is 1. The Balaban J connectivity index is 1.40. The van der Waals surface area contributed by atoms with Gasteiger partial charge in [0, 0.05) is 44.2 Å². The van der Waals surface area contributed by atoms with Gasteiger partial charge in [0.25, 0.3) is 0 Å². The van der Waals surface area contributed by atoms with Gasteiger partial charge in [0.05, 0.1) is 22.4 Å². The highest BCUT2D eigenvalue weighted by Gasteiger charge is 2.39. The maximum atomic E-state index is 14.2. The predicted octanol–water partition coefficient (Wildman–Crippen LogP) is 4.74. The fourth-order valence-corrected chi connectivity index (χ4v) is 7.57. The lowest BCUT2D eigenvalue weighted by molar-refractivity contribution is -0.137. The first-order chi connectivity index (χ1) is 22.3. The van der Waals surface area contributed by atoms with Gasteiger partial charge in [0.1, 0.15) is 12.4 Å². The third kappa shape index (κ3) is 5.49. The summed E-state index contributed by atoms with van der Waals surface area (Å²) in [6.45, 7) is 7.44. The van der Waals surface area contributed by atoms with Crippen LogP contribution in [0.5, 0.6) is 11.5 Å². The highest BCUT2D eigenvalue weighted by atomic mass is 32.2. The Kier molecular flexibility index (Phi) is 7.94. The largest absolute Gasteiger partial charge is 0.454 e. The summed E-state index contributed by atoms with van der Waals surface area (Å²) in [5.41, 5.74) is 6.41. The molecule has 11 heteroatoms. The fourth-order valence-electron chi connectivity index (χ4n) is 6.38. The van der Waals surface area contributed by atoms with Gasteiger partial charge < -0.3 is 19.3 Å². The fraction of sp³-hybridized carbons (Fsp3) is 0.314. The first kappa shape index (κ1) is 29.9. The smallest absolute Gasteiger partial charge is 0.242 e. The lowest BCUT2D eigenvalue weighted by Gasteiger charge is -2.35. The van der Waals surface area contributed by atoms with Crippen molar-refractivity contribution in [2.24, 2.45) is 0 Å². The summed E-state index contributed by atoms with van der Waals surface area (Å²) in [5.74, 6) is 1.76. The van der Waals surface area contributed by atoms with Crippen LogP contribution >= 0.6 is 11.8 Å². The molecule has 10 nitrogen and oxygen atoms in total. The second-order valence-corrected chi connectivity index (χ2v) is 12.9. The van der Waals surface area contributed by atoms with Crippen LogP contribution in [0.2, 0.25) is 0 Å². The maximum absolute atomic E-state index is 14.2. The van der Waals surface area contributed by atoms with Crippen molar-refractivity contribution in [2.45, 2.75) is 26.0 Å².